The van der Waals surface area contributed by atoms with Crippen LogP contribution >= 0.6 is 0 Å². The quantitative estimate of drug-likeness (QED) is 0.843. The van der Waals surface area contributed by atoms with Crippen LogP contribution in [0.1, 0.15) is 29.6 Å². The van der Waals surface area contributed by atoms with Gasteiger partial charge in [-0.1, -0.05) is 6.42 Å². The van der Waals surface area contributed by atoms with E-state index in [4.69, 9.17) is 0 Å². The fourth-order valence-electron chi connectivity index (χ4n) is 3.70. The first-order chi connectivity index (χ1) is 11.0. The van der Waals surface area contributed by atoms with Gasteiger partial charge in [0.1, 0.15) is 0 Å². The van der Waals surface area contributed by atoms with Crippen molar-refractivity contribution in [2.75, 3.05) is 19.6 Å². The highest BCUT2D eigenvalue weighted by atomic mass is 16.4. The highest BCUT2D eigenvalue weighted by Gasteiger charge is 2.55. The maximum atomic E-state index is 12.3. The molecule has 2 N–H and O–H groups in total. The Labute approximate surface area is 133 Å². The molecular weight excluding hydrogens is 298 g/mol. The second-order valence-corrected chi connectivity index (χ2v) is 6.25. The lowest BCUT2D eigenvalue weighted by atomic mass is 9.81. The Morgan fingerprint density at radius 1 is 1.43 bits per heavy atom. The second kappa shape index (κ2) is 5.98. The van der Waals surface area contributed by atoms with Crippen molar-refractivity contribution in [1.29, 1.82) is 0 Å². The van der Waals surface area contributed by atoms with Crippen LogP contribution in [0, 0.1) is 11.3 Å². The first-order valence-corrected chi connectivity index (χ1v) is 7.72. The molecule has 1 saturated heterocycles. The summed E-state index contributed by atoms with van der Waals surface area (Å²) < 4.78 is 0. The molecule has 0 unspecified atom stereocenters. The third-order valence-electron chi connectivity index (χ3n) is 4.97. The molecule has 7 heteroatoms. The van der Waals surface area contributed by atoms with E-state index < -0.39 is 11.4 Å². The van der Waals surface area contributed by atoms with E-state index in [2.05, 4.69) is 10.3 Å². The van der Waals surface area contributed by atoms with Gasteiger partial charge in [0, 0.05) is 25.5 Å². The van der Waals surface area contributed by atoms with Crippen LogP contribution in [0.4, 0.5) is 0 Å². The van der Waals surface area contributed by atoms with Crippen LogP contribution in [0.25, 0.3) is 0 Å². The van der Waals surface area contributed by atoms with Crippen molar-refractivity contribution in [2.24, 2.45) is 11.3 Å². The van der Waals surface area contributed by atoms with E-state index in [0.717, 1.165) is 12.8 Å². The lowest BCUT2D eigenvalue weighted by Crippen LogP contribution is -2.41. The molecule has 2 atom stereocenters. The summed E-state index contributed by atoms with van der Waals surface area (Å²) in [6.07, 6.45) is 5.36. The molecule has 2 aliphatic rings. The zero-order valence-electron chi connectivity index (χ0n) is 12.7. The van der Waals surface area contributed by atoms with E-state index in [1.54, 1.807) is 23.2 Å². The maximum absolute atomic E-state index is 12.3. The Hall–Kier alpha value is -2.44. The monoisotopic (exact) mass is 317 g/mol. The molecule has 1 aromatic heterocycles. The number of nitrogens with zero attached hydrogens (tertiary/aromatic N) is 2. The van der Waals surface area contributed by atoms with Crippen molar-refractivity contribution in [1.82, 2.24) is 15.2 Å². The molecule has 0 bridgehead atoms. The number of carboxylic acids is 1. The van der Waals surface area contributed by atoms with Gasteiger partial charge in [-0.25, -0.2) is 0 Å². The number of carbonyl (C=O) groups is 3. The minimum atomic E-state index is -0.810. The fraction of sp³-hybridized carbons (Fsp3) is 0.500. The molecule has 0 aromatic carbocycles. The van der Waals surface area contributed by atoms with Gasteiger partial charge in [0.2, 0.25) is 5.91 Å². The van der Waals surface area contributed by atoms with E-state index >= 15 is 0 Å². The molecule has 0 spiro atoms. The Balaban J connectivity index is 1.58. The van der Waals surface area contributed by atoms with Crippen LogP contribution in [0.15, 0.2) is 24.5 Å². The zero-order valence-corrected chi connectivity index (χ0v) is 12.7. The summed E-state index contributed by atoms with van der Waals surface area (Å²) in [5.74, 6) is -1.39. The molecule has 122 valence electrons. The fourth-order valence-corrected chi connectivity index (χ4v) is 3.70. The Morgan fingerprint density at radius 2 is 2.26 bits per heavy atom. The average Bonchev–Trinajstić information content (AvgIpc) is 3.11. The lowest BCUT2D eigenvalue weighted by molar-refractivity contribution is -0.149. The minimum absolute atomic E-state index is 0.0259. The van der Waals surface area contributed by atoms with Gasteiger partial charge in [0.25, 0.3) is 5.91 Å². The van der Waals surface area contributed by atoms with Crippen molar-refractivity contribution < 1.29 is 19.5 Å². The molecule has 2 amide bonds. The van der Waals surface area contributed by atoms with Gasteiger partial charge in [-0.3, -0.25) is 19.4 Å². The van der Waals surface area contributed by atoms with E-state index in [1.807, 2.05) is 0 Å². The second-order valence-electron chi connectivity index (χ2n) is 6.25. The summed E-state index contributed by atoms with van der Waals surface area (Å²) in [6, 6.07) is 3.27. The molecule has 1 aromatic rings. The molecule has 7 nitrogen and oxygen atoms in total. The number of hydrogen-bond acceptors (Lipinski definition) is 4. The lowest BCUT2D eigenvalue weighted by Gasteiger charge is -2.23. The maximum Gasteiger partial charge on any atom is 0.311 e. The third kappa shape index (κ3) is 2.78. The number of pyridine rings is 1. The smallest absolute Gasteiger partial charge is 0.311 e. The highest BCUT2D eigenvalue weighted by molar-refractivity contribution is 5.96. The number of likely N-dealkylation sites (tertiary alicyclic amines) is 1. The van der Waals surface area contributed by atoms with Crippen LogP contribution in [0.2, 0.25) is 0 Å². The molecule has 1 aliphatic heterocycles. The Morgan fingerprint density at radius 3 is 2.91 bits per heavy atom. The topological polar surface area (TPSA) is 99.6 Å². The molecule has 2 fully saturated rings. The van der Waals surface area contributed by atoms with Crippen LogP contribution in [0.3, 0.4) is 0 Å². The Bertz CT molecular complexity index is 633. The summed E-state index contributed by atoms with van der Waals surface area (Å²) in [6.45, 7) is 0.582. The number of aromatic nitrogens is 1. The number of fused-ring (bicyclic) bond motifs is 1. The predicted molar refractivity (Wildman–Crippen MR) is 80.6 cm³/mol. The number of carbonyl (C=O) groups excluding carboxylic acids is 2. The summed E-state index contributed by atoms with van der Waals surface area (Å²) in [5, 5.41) is 12.1. The standard InChI is InChI=1S/C16H19N3O4/c20-13(8-18-14(21)11-3-2-6-17-7-11)19-9-12-4-1-5-16(12,10-19)15(22)23/h2-3,6-7,12H,1,4-5,8-10H2,(H,18,21)(H,22,23)/t12-,16+/m0/s1. The number of amides is 2. The van der Waals surface area contributed by atoms with Crippen molar-refractivity contribution >= 4 is 17.8 Å². The number of hydrogen-bond donors (Lipinski definition) is 2. The van der Waals surface area contributed by atoms with Gasteiger partial charge >= 0.3 is 5.97 Å². The first-order valence-electron chi connectivity index (χ1n) is 7.72. The van der Waals surface area contributed by atoms with Crippen molar-refractivity contribution in [3.8, 4) is 0 Å². The van der Waals surface area contributed by atoms with Gasteiger partial charge in [-0.15, -0.1) is 0 Å². The summed E-state index contributed by atoms with van der Waals surface area (Å²) in [5.41, 5.74) is -0.399. The van der Waals surface area contributed by atoms with Gasteiger partial charge < -0.3 is 15.3 Å². The number of rotatable bonds is 4. The van der Waals surface area contributed by atoms with Crippen LogP contribution in [-0.2, 0) is 9.59 Å². The van der Waals surface area contributed by atoms with Gasteiger partial charge in [-0.05, 0) is 30.9 Å². The van der Waals surface area contributed by atoms with Crippen LogP contribution in [-0.4, -0.2) is 52.4 Å². The van der Waals surface area contributed by atoms with E-state index in [1.165, 1.54) is 6.20 Å². The van der Waals surface area contributed by atoms with Crippen LogP contribution < -0.4 is 5.32 Å². The SMILES string of the molecule is O=C(NCC(=O)N1C[C@@H]2CCC[C@@]2(C(=O)O)C1)c1cccnc1. The molecule has 0 radical (unpaired) electrons. The predicted octanol–water partition coefficient (Wildman–Crippen LogP) is 0.525. The molecule has 3 rings (SSSR count). The minimum Gasteiger partial charge on any atom is -0.481 e. The summed E-state index contributed by atoms with van der Waals surface area (Å²) >= 11 is 0. The molecular formula is C16H19N3O4. The van der Waals surface area contributed by atoms with E-state index in [-0.39, 0.29) is 30.8 Å². The Kier molecular flexibility index (Phi) is 4.02. The molecule has 1 aliphatic carbocycles. The molecule has 23 heavy (non-hydrogen) atoms. The van der Waals surface area contributed by atoms with Crippen molar-refractivity contribution in [2.45, 2.75) is 19.3 Å². The highest BCUT2D eigenvalue weighted by Crippen LogP contribution is 2.48. The largest absolute Gasteiger partial charge is 0.481 e. The summed E-state index contributed by atoms with van der Waals surface area (Å²) in [4.78, 5) is 41.2. The van der Waals surface area contributed by atoms with E-state index in [0.29, 0.717) is 18.5 Å². The number of nitrogens with one attached hydrogen (secondary N) is 1. The van der Waals surface area contributed by atoms with Gasteiger partial charge in [0.15, 0.2) is 0 Å². The zero-order chi connectivity index (χ0) is 16.4. The van der Waals surface area contributed by atoms with E-state index in [9.17, 15) is 19.5 Å². The van der Waals surface area contributed by atoms with Crippen molar-refractivity contribution in [3.05, 3.63) is 30.1 Å². The summed E-state index contributed by atoms with van der Waals surface area (Å²) in [7, 11) is 0. The van der Waals surface area contributed by atoms with Crippen LogP contribution in [0.5, 0.6) is 0 Å². The average molecular weight is 317 g/mol. The van der Waals surface area contributed by atoms with Crippen molar-refractivity contribution in [3.63, 3.8) is 0 Å². The van der Waals surface area contributed by atoms with Gasteiger partial charge in [0.05, 0.1) is 17.5 Å². The third-order valence-corrected chi connectivity index (χ3v) is 4.97. The number of aliphatic carboxylic acids is 1. The first kappa shape index (κ1) is 15.5. The molecule has 2 heterocycles. The molecule has 1 saturated carbocycles. The number of carboxylic acid groups (broad SMARTS) is 1. The normalized spacial score (nSPS) is 25.9. The van der Waals surface area contributed by atoms with Gasteiger partial charge in [-0.2, -0.15) is 0 Å².